The van der Waals surface area contributed by atoms with Crippen LogP contribution >= 0.6 is 0 Å². The minimum Gasteiger partial charge on any atom is -0.385 e. The van der Waals surface area contributed by atoms with Crippen LogP contribution in [0.1, 0.15) is 52.5 Å². The van der Waals surface area contributed by atoms with E-state index in [1.807, 2.05) is 0 Å². The maximum absolute atomic E-state index is 3.60. The van der Waals surface area contributed by atoms with E-state index in [4.69, 9.17) is 0 Å². The van der Waals surface area contributed by atoms with Crippen molar-refractivity contribution in [1.29, 1.82) is 0 Å². The molecule has 0 radical (unpaired) electrons. The fraction of sp³-hybridized carbons (Fsp3) is 0.625. The van der Waals surface area contributed by atoms with Gasteiger partial charge in [0.25, 0.3) is 0 Å². The van der Waals surface area contributed by atoms with E-state index in [0.717, 1.165) is 18.4 Å². The van der Waals surface area contributed by atoms with E-state index >= 15 is 0 Å². The molecule has 0 bridgehead atoms. The molecule has 1 atom stereocenters. The highest BCUT2D eigenvalue weighted by atomic mass is 14.9. The molecule has 17 heavy (non-hydrogen) atoms. The van der Waals surface area contributed by atoms with Gasteiger partial charge >= 0.3 is 0 Å². The average molecular weight is 233 g/mol. The molecular weight excluding hydrogens is 206 g/mol. The van der Waals surface area contributed by atoms with Crippen LogP contribution < -0.4 is 5.32 Å². The first-order chi connectivity index (χ1) is 8.00. The fourth-order valence-electron chi connectivity index (χ4n) is 2.33. The minimum atomic E-state index is 0.583. The number of anilines is 1. The van der Waals surface area contributed by atoms with E-state index in [1.165, 1.54) is 17.7 Å². The van der Waals surface area contributed by atoms with Gasteiger partial charge in [0.1, 0.15) is 0 Å². The Balaban J connectivity index is 2.57. The van der Waals surface area contributed by atoms with E-state index in [9.17, 15) is 0 Å². The number of benzene rings is 1. The van der Waals surface area contributed by atoms with Crippen molar-refractivity contribution in [3.8, 4) is 0 Å². The van der Waals surface area contributed by atoms with Crippen LogP contribution in [-0.2, 0) is 0 Å². The van der Waals surface area contributed by atoms with Gasteiger partial charge in [-0.3, -0.25) is 0 Å². The molecule has 1 heteroatoms. The standard InChI is InChI=1S/C16H27N/c1-12(2)10-14(5)11-17-16-9-7-6-8-15(16)13(3)4/h6-9,12-14,17H,10-11H2,1-5H3. The predicted molar refractivity (Wildman–Crippen MR) is 77.6 cm³/mol. The van der Waals surface area contributed by atoms with Gasteiger partial charge in [-0.05, 0) is 35.8 Å². The second kappa shape index (κ2) is 6.68. The van der Waals surface area contributed by atoms with Crippen molar-refractivity contribution in [2.45, 2.75) is 47.0 Å². The molecule has 1 nitrogen and oxygen atoms in total. The van der Waals surface area contributed by atoms with Crippen molar-refractivity contribution < 1.29 is 0 Å². The highest BCUT2D eigenvalue weighted by Crippen LogP contribution is 2.24. The maximum atomic E-state index is 3.60. The molecule has 1 N–H and O–H groups in total. The van der Waals surface area contributed by atoms with Gasteiger partial charge in [0.15, 0.2) is 0 Å². The molecule has 1 unspecified atom stereocenters. The second-order valence-corrected chi connectivity index (χ2v) is 5.86. The molecule has 0 aliphatic rings. The van der Waals surface area contributed by atoms with Gasteiger partial charge < -0.3 is 5.32 Å². The summed E-state index contributed by atoms with van der Waals surface area (Å²) in [4.78, 5) is 0. The maximum Gasteiger partial charge on any atom is 0.0375 e. The van der Waals surface area contributed by atoms with E-state index in [0.29, 0.717) is 5.92 Å². The Hall–Kier alpha value is -0.980. The molecule has 0 saturated heterocycles. The molecule has 0 spiro atoms. The Morgan fingerprint density at radius 2 is 1.65 bits per heavy atom. The third-order valence-corrected chi connectivity index (χ3v) is 3.10. The topological polar surface area (TPSA) is 12.0 Å². The quantitative estimate of drug-likeness (QED) is 0.736. The van der Waals surface area contributed by atoms with Crippen molar-refractivity contribution >= 4 is 5.69 Å². The zero-order valence-corrected chi connectivity index (χ0v) is 12.0. The lowest BCUT2D eigenvalue weighted by Gasteiger charge is -2.18. The average Bonchev–Trinajstić information content (AvgIpc) is 2.25. The van der Waals surface area contributed by atoms with E-state index in [2.05, 4.69) is 64.2 Å². The largest absolute Gasteiger partial charge is 0.385 e. The van der Waals surface area contributed by atoms with Crippen LogP contribution in [0.5, 0.6) is 0 Å². The van der Waals surface area contributed by atoms with Crippen LogP contribution in [0.25, 0.3) is 0 Å². The van der Waals surface area contributed by atoms with E-state index in [-0.39, 0.29) is 0 Å². The molecule has 0 aromatic heterocycles. The number of para-hydroxylation sites is 1. The summed E-state index contributed by atoms with van der Waals surface area (Å²) in [6.45, 7) is 12.5. The molecule has 0 heterocycles. The van der Waals surface area contributed by atoms with Crippen molar-refractivity contribution in [1.82, 2.24) is 0 Å². The smallest absolute Gasteiger partial charge is 0.0375 e. The third kappa shape index (κ3) is 4.80. The van der Waals surface area contributed by atoms with Crippen LogP contribution in [0, 0.1) is 11.8 Å². The zero-order chi connectivity index (χ0) is 12.8. The fourth-order valence-corrected chi connectivity index (χ4v) is 2.33. The summed E-state index contributed by atoms with van der Waals surface area (Å²) in [6, 6.07) is 8.65. The SMILES string of the molecule is CC(C)CC(C)CNc1ccccc1C(C)C. The highest BCUT2D eigenvalue weighted by Gasteiger charge is 2.08. The first kappa shape index (κ1) is 14.1. The Labute approximate surface area is 107 Å². The number of rotatable bonds is 6. The predicted octanol–water partition coefficient (Wildman–Crippen LogP) is 4.90. The minimum absolute atomic E-state index is 0.583. The van der Waals surface area contributed by atoms with Gasteiger partial charge in [-0.25, -0.2) is 0 Å². The Bertz CT molecular complexity index is 328. The third-order valence-electron chi connectivity index (χ3n) is 3.10. The Morgan fingerprint density at radius 1 is 1.00 bits per heavy atom. The molecular formula is C16H27N. The van der Waals surface area contributed by atoms with Crippen LogP contribution in [0.2, 0.25) is 0 Å². The molecule has 1 rings (SSSR count). The van der Waals surface area contributed by atoms with Gasteiger partial charge in [-0.15, -0.1) is 0 Å². The van der Waals surface area contributed by atoms with Crippen LogP contribution in [0.4, 0.5) is 5.69 Å². The zero-order valence-electron chi connectivity index (χ0n) is 12.0. The summed E-state index contributed by atoms with van der Waals surface area (Å²) in [6.07, 6.45) is 1.29. The first-order valence-corrected chi connectivity index (χ1v) is 6.83. The molecule has 0 fully saturated rings. The van der Waals surface area contributed by atoms with Crippen LogP contribution in [-0.4, -0.2) is 6.54 Å². The molecule has 0 aliphatic carbocycles. The monoisotopic (exact) mass is 233 g/mol. The normalized spacial score (nSPS) is 13.1. The van der Waals surface area contributed by atoms with Gasteiger partial charge in [0.2, 0.25) is 0 Å². The van der Waals surface area contributed by atoms with Gasteiger partial charge in [-0.1, -0.05) is 52.8 Å². The number of nitrogens with one attached hydrogen (secondary N) is 1. The van der Waals surface area contributed by atoms with Gasteiger partial charge in [0.05, 0.1) is 0 Å². The lowest BCUT2D eigenvalue weighted by molar-refractivity contribution is 0.455. The lowest BCUT2D eigenvalue weighted by atomic mass is 9.97. The van der Waals surface area contributed by atoms with Crippen molar-refractivity contribution in [2.75, 3.05) is 11.9 Å². The Kier molecular flexibility index (Phi) is 5.54. The van der Waals surface area contributed by atoms with E-state index < -0.39 is 0 Å². The van der Waals surface area contributed by atoms with E-state index in [1.54, 1.807) is 0 Å². The lowest BCUT2D eigenvalue weighted by Crippen LogP contribution is -2.14. The highest BCUT2D eigenvalue weighted by molar-refractivity contribution is 5.52. The van der Waals surface area contributed by atoms with Crippen molar-refractivity contribution in [2.24, 2.45) is 11.8 Å². The molecule has 0 amide bonds. The number of hydrogen-bond acceptors (Lipinski definition) is 1. The second-order valence-electron chi connectivity index (χ2n) is 5.86. The van der Waals surface area contributed by atoms with Crippen molar-refractivity contribution in [3.05, 3.63) is 29.8 Å². The summed E-state index contributed by atoms with van der Waals surface area (Å²) < 4.78 is 0. The first-order valence-electron chi connectivity index (χ1n) is 6.83. The molecule has 96 valence electrons. The summed E-state index contributed by atoms with van der Waals surface area (Å²) in [7, 11) is 0. The van der Waals surface area contributed by atoms with Gasteiger partial charge in [-0.2, -0.15) is 0 Å². The summed E-state index contributed by atoms with van der Waals surface area (Å²) in [5.74, 6) is 2.10. The van der Waals surface area contributed by atoms with Crippen molar-refractivity contribution in [3.63, 3.8) is 0 Å². The number of hydrogen-bond donors (Lipinski definition) is 1. The molecule has 0 saturated carbocycles. The summed E-state index contributed by atoms with van der Waals surface area (Å²) in [5, 5.41) is 3.60. The summed E-state index contributed by atoms with van der Waals surface area (Å²) in [5.41, 5.74) is 2.72. The molecule has 0 aliphatic heterocycles. The molecule has 1 aromatic carbocycles. The van der Waals surface area contributed by atoms with Gasteiger partial charge in [0, 0.05) is 12.2 Å². The van der Waals surface area contributed by atoms with Crippen LogP contribution in [0.3, 0.4) is 0 Å². The molecule has 1 aromatic rings. The Morgan fingerprint density at radius 3 is 2.24 bits per heavy atom. The van der Waals surface area contributed by atoms with Crippen LogP contribution in [0.15, 0.2) is 24.3 Å². The summed E-state index contributed by atoms with van der Waals surface area (Å²) >= 11 is 0.